The van der Waals surface area contributed by atoms with E-state index in [0.29, 0.717) is 13.1 Å². The van der Waals surface area contributed by atoms with Crippen LogP contribution in [0.25, 0.3) is 0 Å². The molecule has 1 atom stereocenters. The van der Waals surface area contributed by atoms with E-state index in [4.69, 9.17) is 0 Å². The van der Waals surface area contributed by atoms with Crippen molar-refractivity contribution in [3.8, 4) is 0 Å². The standard InChI is InChI=1S/C9H16F3N2/c1-8(2,3)7-4-13-14(5-7)6-9(10,11)12/h7H,4-6H2,1-3H3/q+1. The number of rotatable bonds is 1. The Morgan fingerprint density at radius 1 is 1.29 bits per heavy atom. The van der Waals surface area contributed by atoms with Crippen LogP contribution in [0, 0.1) is 11.3 Å². The second-order valence-corrected chi connectivity index (χ2v) is 4.85. The van der Waals surface area contributed by atoms with Gasteiger partial charge < -0.3 is 0 Å². The summed E-state index contributed by atoms with van der Waals surface area (Å²) in [5.74, 6) is 0.227. The zero-order valence-electron chi connectivity index (χ0n) is 8.73. The van der Waals surface area contributed by atoms with Gasteiger partial charge in [0.2, 0.25) is 0 Å². The molecule has 0 aromatic heterocycles. The third-order valence-electron chi connectivity index (χ3n) is 2.52. The molecule has 0 fully saturated rings. The molecule has 1 unspecified atom stereocenters. The summed E-state index contributed by atoms with van der Waals surface area (Å²) >= 11 is 0. The van der Waals surface area contributed by atoms with Crippen LogP contribution in [0.1, 0.15) is 20.8 Å². The third kappa shape index (κ3) is 3.27. The maximum absolute atomic E-state index is 12.0. The molecule has 1 aliphatic heterocycles. The first-order valence-corrected chi connectivity index (χ1v) is 4.67. The number of nitrogens with zero attached hydrogens (tertiary/aromatic N) is 2. The summed E-state index contributed by atoms with van der Waals surface area (Å²) in [4.78, 5) is 0. The summed E-state index contributed by atoms with van der Waals surface area (Å²) in [5.41, 5.74) is 0.0316. The van der Waals surface area contributed by atoms with Gasteiger partial charge in [-0.25, -0.2) is 0 Å². The molecule has 0 aliphatic carbocycles. The quantitative estimate of drug-likeness (QED) is 0.590. The lowest BCUT2D eigenvalue weighted by Gasteiger charge is -2.22. The maximum Gasteiger partial charge on any atom is 0.450 e. The summed E-state index contributed by atoms with van der Waals surface area (Å²) in [5, 5.41) is 3.88. The van der Waals surface area contributed by atoms with Crippen molar-refractivity contribution in [1.82, 2.24) is 0 Å². The fourth-order valence-corrected chi connectivity index (χ4v) is 1.45. The largest absolute Gasteiger partial charge is 0.450 e. The monoisotopic (exact) mass is 209 g/mol. The number of halogens is 3. The van der Waals surface area contributed by atoms with Gasteiger partial charge in [0.25, 0.3) is 6.54 Å². The van der Waals surface area contributed by atoms with Gasteiger partial charge in [-0.2, -0.15) is 13.2 Å². The van der Waals surface area contributed by atoms with Crippen molar-refractivity contribution < 1.29 is 17.9 Å². The van der Waals surface area contributed by atoms with Crippen LogP contribution in [0.2, 0.25) is 0 Å². The predicted molar refractivity (Wildman–Crippen MR) is 46.3 cm³/mol. The van der Waals surface area contributed by atoms with E-state index in [-0.39, 0.29) is 11.3 Å². The zero-order chi connectivity index (χ0) is 11.0. The predicted octanol–water partition coefficient (Wildman–Crippen LogP) is 2.69. The molecule has 0 N–H and O–H groups in total. The molecular weight excluding hydrogens is 193 g/mol. The van der Waals surface area contributed by atoms with Gasteiger partial charge in [0, 0.05) is 0 Å². The highest BCUT2D eigenvalue weighted by Crippen LogP contribution is 2.30. The fourth-order valence-electron chi connectivity index (χ4n) is 1.45. The first kappa shape index (κ1) is 11.5. The SMILES string of the molecule is CC(C)(C)C1CN=[N+](CC(F)(F)F)C1. The smallest absolute Gasteiger partial charge is 0.165 e. The van der Waals surface area contributed by atoms with Crippen molar-refractivity contribution >= 4 is 0 Å². The Labute approximate surface area is 81.8 Å². The summed E-state index contributed by atoms with van der Waals surface area (Å²) in [6, 6.07) is 0. The normalized spacial score (nSPS) is 23.9. The molecule has 0 spiro atoms. The van der Waals surface area contributed by atoms with E-state index in [1.807, 2.05) is 20.8 Å². The van der Waals surface area contributed by atoms with Crippen molar-refractivity contribution in [2.45, 2.75) is 26.9 Å². The zero-order valence-corrected chi connectivity index (χ0v) is 8.73. The van der Waals surface area contributed by atoms with Gasteiger partial charge in [0.15, 0.2) is 6.54 Å². The lowest BCUT2D eigenvalue weighted by Crippen LogP contribution is -2.30. The topological polar surface area (TPSA) is 15.4 Å². The number of alkyl halides is 3. The van der Waals surface area contributed by atoms with E-state index in [9.17, 15) is 13.2 Å². The van der Waals surface area contributed by atoms with Crippen LogP contribution in [-0.4, -0.2) is 30.5 Å². The molecule has 1 rings (SSSR count). The molecule has 14 heavy (non-hydrogen) atoms. The Hall–Kier alpha value is -0.610. The highest BCUT2D eigenvalue weighted by atomic mass is 19.4. The second kappa shape index (κ2) is 3.51. The Bertz CT molecular complexity index is 237. The first-order chi connectivity index (χ1) is 6.18. The Morgan fingerprint density at radius 3 is 2.21 bits per heavy atom. The van der Waals surface area contributed by atoms with Gasteiger partial charge in [0.05, 0.1) is 5.92 Å². The molecule has 2 nitrogen and oxygen atoms in total. The molecule has 0 saturated heterocycles. The van der Waals surface area contributed by atoms with Crippen LogP contribution in [0.15, 0.2) is 5.11 Å². The average molecular weight is 209 g/mol. The van der Waals surface area contributed by atoms with Crippen LogP contribution in [-0.2, 0) is 0 Å². The molecular formula is C9H16F3N2+. The van der Waals surface area contributed by atoms with E-state index in [1.54, 1.807) is 0 Å². The van der Waals surface area contributed by atoms with Gasteiger partial charge in [-0.1, -0.05) is 20.8 Å². The van der Waals surface area contributed by atoms with Crippen LogP contribution < -0.4 is 0 Å². The van der Waals surface area contributed by atoms with Gasteiger partial charge in [0.1, 0.15) is 6.54 Å². The van der Waals surface area contributed by atoms with E-state index >= 15 is 0 Å². The number of azo groups is 2. The van der Waals surface area contributed by atoms with Crippen LogP contribution in [0.5, 0.6) is 0 Å². The highest BCUT2D eigenvalue weighted by Gasteiger charge is 2.41. The summed E-state index contributed by atoms with van der Waals surface area (Å²) in [6.45, 7) is 6.11. The van der Waals surface area contributed by atoms with Crippen molar-refractivity contribution in [3.63, 3.8) is 0 Å². The fraction of sp³-hybridized carbons (Fsp3) is 1.00. The molecule has 5 heteroatoms. The lowest BCUT2D eigenvalue weighted by molar-refractivity contribution is -0.609. The molecule has 0 amide bonds. The van der Waals surface area contributed by atoms with Crippen molar-refractivity contribution in [2.24, 2.45) is 16.4 Å². The van der Waals surface area contributed by atoms with Crippen molar-refractivity contribution in [2.75, 3.05) is 19.6 Å². The van der Waals surface area contributed by atoms with Crippen molar-refractivity contribution in [3.05, 3.63) is 0 Å². The summed E-state index contributed by atoms with van der Waals surface area (Å²) in [6.07, 6.45) is -4.14. The molecule has 82 valence electrons. The highest BCUT2D eigenvalue weighted by molar-refractivity contribution is 4.76. The van der Waals surface area contributed by atoms with Crippen LogP contribution in [0.4, 0.5) is 13.2 Å². The van der Waals surface area contributed by atoms with Crippen molar-refractivity contribution in [1.29, 1.82) is 0 Å². The second-order valence-electron chi connectivity index (χ2n) is 4.85. The molecule has 0 saturated carbocycles. The third-order valence-corrected chi connectivity index (χ3v) is 2.52. The maximum atomic E-state index is 12.0. The minimum Gasteiger partial charge on any atom is -0.165 e. The molecule has 0 aromatic rings. The molecule has 0 radical (unpaired) electrons. The summed E-state index contributed by atoms with van der Waals surface area (Å²) in [7, 11) is 0. The first-order valence-electron chi connectivity index (χ1n) is 4.67. The Morgan fingerprint density at radius 2 is 1.86 bits per heavy atom. The van der Waals surface area contributed by atoms with Crippen LogP contribution in [0.3, 0.4) is 0 Å². The molecule has 0 aromatic carbocycles. The minimum absolute atomic E-state index is 0.0316. The van der Waals surface area contributed by atoms with E-state index in [1.165, 1.54) is 0 Å². The lowest BCUT2D eigenvalue weighted by atomic mass is 9.81. The van der Waals surface area contributed by atoms with Gasteiger partial charge >= 0.3 is 6.18 Å². The van der Waals surface area contributed by atoms with Gasteiger partial charge in [-0.3, -0.25) is 0 Å². The number of hydrogen-bond donors (Lipinski definition) is 0. The Balaban J connectivity index is 2.49. The van der Waals surface area contributed by atoms with Gasteiger partial charge in [-0.15, -0.1) is 4.70 Å². The van der Waals surface area contributed by atoms with Gasteiger partial charge in [-0.05, 0) is 10.5 Å². The molecule has 1 heterocycles. The van der Waals surface area contributed by atoms with Crippen LogP contribution >= 0.6 is 0 Å². The minimum atomic E-state index is -4.14. The van der Waals surface area contributed by atoms with E-state index < -0.39 is 12.7 Å². The summed E-state index contributed by atoms with van der Waals surface area (Å²) < 4.78 is 37.2. The average Bonchev–Trinajstić information content (AvgIpc) is 2.29. The number of hydrogen-bond acceptors (Lipinski definition) is 1. The Kier molecular flexibility index (Phi) is 2.88. The molecule has 0 bridgehead atoms. The van der Waals surface area contributed by atoms with E-state index in [2.05, 4.69) is 5.11 Å². The molecule has 1 aliphatic rings. The van der Waals surface area contributed by atoms with E-state index in [0.717, 1.165) is 4.70 Å².